The Kier molecular flexibility index (Phi) is 8.56. The van der Waals surface area contributed by atoms with Gasteiger partial charge in [0.2, 0.25) is 5.95 Å². The van der Waals surface area contributed by atoms with Gasteiger partial charge in [0.25, 0.3) is 5.56 Å². The molecule has 0 saturated carbocycles. The number of hydrogen-bond donors (Lipinski definition) is 3. The second-order valence-corrected chi connectivity index (χ2v) is 8.59. The minimum Gasteiger partial charge on any atom is -0.465 e. The van der Waals surface area contributed by atoms with Gasteiger partial charge in [0.15, 0.2) is 11.2 Å². The molecule has 34 heavy (non-hydrogen) atoms. The maximum Gasteiger partial charge on any atom is 0.323 e. The highest BCUT2D eigenvalue weighted by atomic mass is 19.1. The predicted octanol–water partition coefficient (Wildman–Crippen LogP) is 0.958. The molecule has 4 atom stereocenters. The maximum absolute atomic E-state index is 14.5. The molecule has 2 aromatic rings. The lowest BCUT2D eigenvalue weighted by Gasteiger charge is -2.15. The lowest BCUT2D eigenvalue weighted by molar-refractivity contribution is -0.150. The third kappa shape index (κ3) is 6.29. The number of alkyl halides is 1. The second-order valence-electron chi connectivity index (χ2n) is 8.59. The number of unbranched alkanes of at least 4 members (excludes halogenated alkanes) is 2. The van der Waals surface area contributed by atoms with Crippen LogP contribution in [0, 0.1) is 5.92 Å². The van der Waals surface area contributed by atoms with Gasteiger partial charge in [-0.05, 0) is 25.2 Å². The number of imidazole rings is 1. The number of nitrogens with zero attached hydrogens (tertiary/aromatic N) is 3. The summed E-state index contributed by atoms with van der Waals surface area (Å²) in [6.07, 6.45) is 0.209. The van der Waals surface area contributed by atoms with Crippen LogP contribution in [0.4, 0.5) is 10.3 Å². The molecule has 1 aliphatic rings. The van der Waals surface area contributed by atoms with E-state index in [-0.39, 0.29) is 49.1 Å². The first kappa shape index (κ1) is 25.6. The summed E-state index contributed by atoms with van der Waals surface area (Å²) in [5.74, 6) is -0.979. The topological polar surface area (TPSA) is 177 Å². The van der Waals surface area contributed by atoms with E-state index in [0.717, 1.165) is 0 Å². The second kappa shape index (κ2) is 11.4. The van der Waals surface area contributed by atoms with E-state index in [0.29, 0.717) is 19.3 Å². The fourth-order valence-electron chi connectivity index (χ4n) is 3.50. The van der Waals surface area contributed by atoms with E-state index in [1.165, 1.54) is 10.9 Å². The summed E-state index contributed by atoms with van der Waals surface area (Å²) in [5, 5.41) is 0. The zero-order valence-corrected chi connectivity index (χ0v) is 19.2. The number of halogens is 1. The molecule has 0 amide bonds. The van der Waals surface area contributed by atoms with Crippen LogP contribution in [0.2, 0.25) is 0 Å². The van der Waals surface area contributed by atoms with Crippen molar-refractivity contribution in [2.75, 3.05) is 18.9 Å². The van der Waals surface area contributed by atoms with Gasteiger partial charge in [-0.2, -0.15) is 4.98 Å². The first-order valence-electron chi connectivity index (χ1n) is 11.3. The molecular formula is C21H31FN6O6. The summed E-state index contributed by atoms with van der Waals surface area (Å²) in [7, 11) is 0. The monoisotopic (exact) mass is 482 g/mol. The fraction of sp³-hybridized carbons (Fsp3) is 0.667. The summed E-state index contributed by atoms with van der Waals surface area (Å²) in [6, 6.07) is -0.642. The van der Waals surface area contributed by atoms with Crippen LogP contribution < -0.4 is 17.0 Å². The number of aromatic amines is 1. The van der Waals surface area contributed by atoms with Crippen LogP contribution in [-0.2, 0) is 23.8 Å². The number of fused-ring (bicyclic) bond motifs is 1. The number of esters is 2. The Hall–Kier alpha value is -3.06. The number of nitrogen functional groups attached to an aromatic ring is 1. The van der Waals surface area contributed by atoms with Crippen LogP contribution in [0.15, 0.2) is 11.1 Å². The molecule has 188 valence electrons. The van der Waals surface area contributed by atoms with Crippen LogP contribution in [0.3, 0.4) is 0 Å². The SMILES string of the molecule is CC(C)[C@H](N)C(=O)OCCCCCC(=O)OC[C@H]1O[C@@H](n2cnc3c(=O)[nH]c(N)nc32)C[C@@H]1F. The van der Waals surface area contributed by atoms with E-state index in [2.05, 4.69) is 15.0 Å². The third-order valence-corrected chi connectivity index (χ3v) is 5.59. The minimum absolute atomic E-state index is 0.00409. The van der Waals surface area contributed by atoms with Gasteiger partial charge < -0.3 is 25.7 Å². The van der Waals surface area contributed by atoms with E-state index in [9.17, 15) is 18.8 Å². The van der Waals surface area contributed by atoms with Crippen molar-refractivity contribution in [1.82, 2.24) is 19.5 Å². The molecule has 0 bridgehead atoms. The molecule has 12 nitrogen and oxygen atoms in total. The smallest absolute Gasteiger partial charge is 0.323 e. The van der Waals surface area contributed by atoms with E-state index in [1.54, 1.807) is 0 Å². The Labute approximate surface area is 195 Å². The molecule has 5 N–H and O–H groups in total. The van der Waals surface area contributed by atoms with Crippen molar-refractivity contribution in [2.45, 2.75) is 70.5 Å². The number of anilines is 1. The number of aromatic nitrogens is 4. The molecule has 3 rings (SSSR count). The fourth-order valence-corrected chi connectivity index (χ4v) is 3.50. The van der Waals surface area contributed by atoms with Crippen molar-refractivity contribution in [3.63, 3.8) is 0 Å². The molecule has 0 spiro atoms. The molecule has 1 saturated heterocycles. The van der Waals surface area contributed by atoms with Gasteiger partial charge >= 0.3 is 11.9 Å². The van der Waals surface area contributed by atoms with Crippen LogP contribution >= 0.6 is 0 Å². The third-order valence-electron chi connectivity index (χ3n) is 5.59. The molecule has 13 heteroatoms. The molecule has 1 fully saturated rings. The number of ether oxygens (including phenoxy) is 3. The Balaban J connectivity index is 1.37. The quantitative estimate of drug-likeness (QED) is 0.309. The van der Waals surface area contributed by atoms with Crippen LogP contribution in [-0.4, -0.2) is 63.0 Å². The number of nitrogens with one attached hydrogen (secondary N) is 1. The van der Waals surface area contributed by atoms with Gasteiger partial charge in [0, 0.05) is 12.8 Å². The van der Waals surface area contributed by atoms with E-state index in [4.69, 9.17) is 25.7 Å². The molecule has 0 aromatic carbocycles. The highest BCUT2D eigenvalue weighted by Gasteiger charge is 2.38. The zero-order valence-electron chi connectivity index (χ0n) is 19.2. The molecule has 3 heterocycles. The standard InChI is InChI=1S/C21H31FN6O6/c1-11(2)16(23)20(31)32-7-5-3-4-6-15(29)33-9-13-12(22)8-14(34-13)28-10-25-17-18(28)26-21(24)27-19(17)30/h10-14,16H,3-9,23H2,1-2H3,(H3,24,26,27,30)/t12-,13+,14+,16-/m0/s1. The lowest BCUT2D eigenvalue weighted by Crippen LogP contribution is -2.37. The zero-order chi connectivity index (χ0) is 24.8. The number of H-pyrrole nitrogens is 1. The van der Waals surface area contributed by atoms with Crippen molar-refractivity contribution in [3.05, 3.63) is 16.7 Å². The highest BCUT2D eigenvalue weighted by molar-refractivity contribution is 5.75. The van der Waals surface area contributed by atoms with Crippen molar-refractivity contribution in [2.24, 2.45) is 11.7 Å². The molecule has 0 unspecified atom stereocenters. The van der Waals surface area contributed by atoms with Gasteiger partial charge in [0.05, 0.1) is 12.9 Å². The average Bonchev–Trinajstić information content (AvgIpc) is 3.37. The van der Waals surface area contributed by atoms with Gasteiger partial charge in [-0.15, -0.1) is 0 Å². The van der Waals surface area contributed by atoms with E-state index in [1.807, 2.05) is 13.8 Å². The summed E-state index contributed by atoms with van der Waals surface area (Å²) in [5.41, 5.74) is 11.0. The van der Waals surface area contributed by atoms with Crippen molar-refractivity contribution in [1.29, 1.82) is 0 Å². The molecule has 2 aromatic heterocycles. The number of nitrogens with two attached hydrogens (primary N) is 2. The van der Waals surface area contributed by atoms with Crippen LogP contribution in [0.1, 0.15) is 52.2 Å². The Morgan fingerprint density at radius 2 is 2.09 bits per heavy atom. The van der Waals surface area contributed by atoms with Crippen molar-refractivity contribution < 1.29 is 28.2 Å². The lowest BCUT2D eigenvalue weighted by atomic mass is 10.1. The van der Waals surface area contributed by atoms with Gasteiger partial charge in [-0.25, -0.2) is 9.37 Å². The number of rotatable bonds is 11. The summed E-state index contributed by atoms with van der Waals surface area (Å²) in [6.45, 7) is 3.69. The molecule has 0 aliphatic carbocycles. The average molecular weight is 483 g/mol. The molecule has 1 aliphatic heterocycles. The Morgan fingerprint density at radius 1 is 1.32 bits per heavy atom. The van der Waals surface area contributed by atoms with E-state index < -0.39 is 42.0 Å². The Bertz CT molecular complexity index is 1060. The number of hydrogen-bond acceptors (Lipinski definition) is 10. The van der Waals surface area contributed by atoms with Crippen LogP contribution in [0.5, 0.6) is 0 Å². The maximum atomic E-state index is 14.5. The summed E-state index contributed by atoms with van der Waals surface area (Å²) < 4.78 is 31.9. The number of carbonyl (C=O) groups excluding carboxylic acids is 2. The predicted molar refractivity (Wildman–Crippen MR) is 119 cm³/mol. The summed E-state index contributed by atoms with van der Waals surface area (Å²) in [4.78, 5) is 45.9. The molecular weight excluding hydrogens is 451 g/mol. The van der Waals surface area contributed by atoms with Gasteiger partial charge in [-0.3, -0.25) is 23.9 Å². The summed E-state index contributed by atoms with van der Waals surface area (Å²) >= 11 is 0. The highest BCUT2D eigenvalue weighted by Crippen LogP contribution is 2.32. The largest absolute Gasteiger partial charge is 0.465 e. The van der Waals surface area contributed by atoms with Crippen LogP contribution in [0.25, 0.3) is 11.2 Å². The van der Waals surface area contributed by atoms with Crippen molar-refractivity contribution >= 4 is 29.1 Å². The van der Waals surface area contributed by atoms with Gasteiger partial charge in [0.1, 0.15) is 31.2 Å². The van der Waals surface area contributed by atoms with Crippen molar-refractivity contribution in [3.8, 4) is 0 Å². The van der Waals surface area contributed by atoms with E-state index >= 15 is 0 Å². The normalized spacial score (nSPS) is 21.1. The minimum atomic E-state index is -1.37. The molecule has 0 radical (unpaired) electrons. The number of carbonyl (C=O) groups is 2. The van der Waals surface area contributed by atoms with Gasteiger partial charge in [-0.1, -0.05) is 13.8 Å². The first-order chi connectivity index (χ1) is 16.2. The first-order valence-corrected chi connectivity index (χ1v) is 11.3. The Morgan fingerprint density at radius 3 is 2.82 bits per heavy atom.